The van der Waals surface area contributed by atoms with E-state index in [9.17, 15) is 0 Å². The molecule has 0 fully saturated rings. The first-order chi connectivity index (χ1) is 27.4. The van der Waals surface area contributed by atoms with Crippen LogP contribution in [0.15, 0.2) is 145 Å². The summed E-state index contributed by atoms with van der Waals surface area (Å²) in [7, 11) is 0. The van der Waals surface area contributed by atoms with Gasteiger partial charge in [-0.25, -0.2) is 4.98 Å². The fraction of sp³-hybridized carbons (Fsp3) is 0.302. The van der Waals surface area contributed by atoms with Crippen molar-refractivity contribution >= 4 is 33.2 Å². The number of fused-ring (bicyclic) bond motifs is 3. The minimum Gasteiger partial charge on any atom is -0.457 e. The monoisotopic (exact) mass is 766 g/mol. The number of nitrogens with zero attached hydrogens (tertiary/aromatic N) is 4. The van der Waals surface area contributed by atoms with Crippen molar-refractivity contribution in [2.45, 2.75) is 97.8 Å². The lowest BCUT2D eigenvalue weighted by Crippen LogP contribution is -2.34. The summed E-state index contributed by atoms with van der Waals surface area (Å²) < 4.78 is 9.23. The maximum absolute atomic E-state index is 6.92. The fourth-order valence-corrected chi connectivity index (χ4v) is 8.34. The molecule has 5 aromatic carbocycles. The highest BCUT2D eigenvalue weighted by Gasteiger charge is 2.36. The number of para-hydroxylation sites is 1. The molecule has 0 radical (unpaired) electrons. The summed E-state index contributed by atoms with van der Waals surface area (Å²) in [6, 6.07) is 45.9. The van der Waals surface area contributed by atoms with Crippen LogP contribution in [-0.4, -0.2) is 16.2 Å². The highest BCUT2D eigenvalue weighted by Crippen LogP contribution is 2.44. The predicted molar refractivity (Wildman–Crippen MR) is 245 cm³/mol. The van der Waals surface area contributed by atoms with E-state index >= 15 is 0 Å². The van der Waals surface area contributed by atoms with Gasteiger partial charge in [0, 0.05) is 57.8 Å². The number of hydrogen-bond acceptors (Lipinski definition) is 4. The van der Waals surface area contributed by atoms with E-state index in [4.69, 9.17) is 9.72 Å². The van der Waals surface area contributed by atoms with E-state index in [1.165, 1.54) is 44.4 Å². The number of anilines is 2. The smallest absolute Gasteiger partial charge is 0.137 e. The molecule has 1 aliphatic rings. The molecule has 58 heavy (non-hydrogen) atoms. The molecule has 0 saturated heterocycles. The Morgan fingerprint density at radius 1 is 0.534 bits per heavy atom. The zero-order valence-corrected chi connectivity index (χ0v) is 36.2. The maximum Gasteiger partial charge on any atom is 0.137 e. The minimum absolute atomic E-state index is 0.0115. The Balaban J connectivity index is 1.22. The van der Waals surface area contributed by atoms with Crippen LogP contribution in [0.2, 0.25) is 0 Å². The van der Waals surface area contributed by atoms with E-state index < -0.39 is 0 Å². The molecular formula is C53H58N4O. The third-order valence-corrected chi connectivity index (χ3v) is 11.8. The van der Waals surface area contributed by atoms with Crippen LogP contribution in [0.3, 0.4) is 0 Å². The molecule has 3 heterocycles. The third-order valence-electron chi connectivity index (χ3n) is 11.8. The van der Waals surface area contributed by atoms with Gasteiger partial charge in [-0.2, -0.15) is 0 Å². The van der Waals surface area contributed by atoms with Crippen LogP contribution in [0.5, 0.6) is 11.5 Å². The molecule has 0 aliphatic carbocycles. The summed E-state index contributed by atoms with van der Waals surface area (Å²) in [5.74, 6) is 2.50. The van der Waals surface area contributed by atoms with Crippen LogP contribution in [0.4, 0.5) is 11.4 Å². The third kappa shape index (κ3) is 7.28. The topological polar surface area (TPSA) is 33.5 Å². The molecule has 0 spiro atoms. The molecule has 8 rings (SSSR count). The molecule has 7 aromatic rings. The van der Waals surface area contributed by atoms with Gasteiger partial charge in [-0.05, 0) is 87.0 Å². The van der Waals surface area contributed by atoms with Gasteiger partial charge in [-0.1, -0.05) is 143 Å². The molecule has 0 saturated carbocycles. The number of ether oxygens (including phenoxy) is 1. The van der Waals surface area contributed by atoms with Crippen molar-refractivity contribution in [2.75, 3.05) is 16.5 Å². The Labute approximate surface area is 345 Å². The van der Waals surface area contributed by atoms with E-state index in [1.807, 2.05) is 6.20 Å². The molecule has 0 N–H and O–H groups in total. The summed E-state index contributed by atoms with van der Waals surface area (Å²) in [4.78, 5) is 9.78. The van der Waals surface area contributed by atoms with Gasteiger partial charge in [-0.3, -0.25) is 4.57 Å². The van der Waals surface area contributed by atoms with E-state index in [1.54, 1.807) is 0 Å². The molecule has 0 bridgehead atoms. The number of rotatable bonds is 7. The van der Waals surface area contributed by atoms with Crippen LogP contribution in [-0.2, 0) is 21.7 Å². The molecule has 2 aromatic heterocycles. The second-order valence-electron chi connectivity index (χ2n) is 19.6. The molecule has 5 nitrogen and oxygen atoms in total. The van der Waals surface area contributed by atoms with Crippen LogP contribution in [0, 0.1) is 0 Å². The summed E-state index contributed by atoms with van der Waals surface area (Å²) in [5.41, 5.74) is 10.4. The van der Waals surface area contributed by atoms with Crippen molar-refractivity contribution in [2.24, 2.45) is 0 Å². The Morgan fingerprint density at radius 2 is 1.19 bits per heavy atom. The van der Waals surface area contributed by atoms with Crippen LogP contribution in [0.25, 0.3) is 27.6 Å². The number of pyridine rings is 1. The Kier molecular flexibility index (Phi) is 9.58. The van der Waals surface area contributed by atoms with Crippen LogP contribution >= 0.6 is 0 Å². The van der Waals surface area contributed by atoms with Gasteiger partial charge in [0.1, 0.15) is 17.3 Å². The van der Waals surface area contributed by atoms with Gasteiger partial charge in [0.2, 0.25) is 0 Å². The number of aromatic nitrogens is 2. The van der Waals surface area contributed by atoms with Crippen molar-refractivity contribution in [1.29, 1.82) is 0 Å². The standard InChI is InChI=1S/C53H58N4O/c1-50(2,3)37-21-17-23-40(29-37)56-35-55(34-47(56)53(10,11)36-19-13-12-14-20-36)39-22-18-24-41(31-39)58-42-32-44(52(7,8)9)49-43-25-15-16-26-45(43)57(46(49)33-42)48-30-38(27-28-54-48)51(4,5)6/h12-34H,35H2,1-11H3. The van der Waals surface area contributed by atoms with Gasteiger partial charge in [0.15, 0.2) is 0 Å². The van der Waals surface area contributed by atoms with Crippen molar-refractivity contribution in [1.82, 2.24) is 9.55 Å². The van der Waals surface area contributed by atoms with Gasteiger partial charge < -0.3 is 14.5 Å². The van der Waals surface area contributed by atoms with Gasteiger partial charge >= 0.3 is 0 Å². The van der Waals surface area contributed by atoms with Gasteiger partial charge in [-0.15, -0.1) is 0 Å². The van der Waals surface area contributed by atoms with E-state index in [0.717, 1.165) is 34.0 Å². The molecule has 296 valence electrons. The Hall–Kier alpha value is -5.81. The zero-order valence-electron chi connectivity index (χ0n) is 36.2. The lowest BCUT2D eigenvalue weighted by molar-refractivity contribution is 0.480. The number of hydrogen-bond donors (Lipinski definition) is 0. The molecule has 1 aliphatic heterocycles. The SMILES string of the molecule is CC(C)(C)c1cccc(N2CN(c3cccc(Oc4cc(C(C)(C)C)c5c6ccccc6n(-c6cc(C(C)(C)C)ccn6)c5c4)c3)C=C2C(C)(C)c2ccccc2)c1. The van der Waals surface area contributed by atoms with E-state index in [2.05, 4.69) is 224 Å². The molecular weight excluding hydrogens is 709 g/mol. The van der Waals surface area contributed by atoms with E-state index in [-0.39, 0.29) is 21.7 Å². The average Bonchev–Trinajstić information content (AvgIpc) is 3.78. The fourth-order valence-electron chi connectivity index (χ4n) is 8.34. The highest BCUT2D eigenvalue weighted by atomic mass is 16.5. The first-order valence-corrected chi connectivity index (χ1v) is 20.6. The van der Waals surface area contributed by atoms with Crippen molar-refractivity contribution in [3.05, 3.63) is 168 Å². The largest absolute Gasteiger partial charge is 0.457 e. The van der Waals surface area contributed by atoms with Crippen molar-refractivity contribution in [3.8, 4) is 17.3 Å². The minimum atomic E-state index is -0.250. The second-order valence-corrected chi connectivity index (χ2v) is 19.6. The molecule has 5 heteroatoms. The Morgan fingerprint density at radius 3 is 1.91 bits per heavy atom. The van der Waals surface area contributed by atoms with Crippen molar-refractivity contribution < 1.29 is 4.74 Å². The van der Waals surface area contributed by atoms with Gasteiger partial charge in [0.05, 0.1) is 17.7 Å². The van der Waals surface area contributed by atoms with Gasteiger partial charge in [0.25, 0.3) is 0 Å². The van der Waals surface area contributed by atoms with Crippen LogP contribution < -0.4 is 14.5 Å². The van der Waals surface area contributed by atoms with Crippen molar-refractivity contribution in [3.63, 3.8) is 0 Å². The maximum atomic E-state index is 6.92. The first kappa shape index (κ1) is 39.0. The number of benzene rings is 5. The average molecular weight is 767 g/mol. The molecule has 0 amide bonds. The lowest BCUT2D eigenvalue weighted by Gasteiger charge is -2.34. The predicted octanol–water partition coefficient (Wildman–Crippen LogP) is 14.0. The molecule has 0 atom stereocenters. The second kappa shape index (κ2) is 14.2. The first-order valence-electron chi connectivity index (χ1n) is 20.6. The quantitative estimate of drug-likeness (QED) is 0.162. The lowest BCUT2D eigenvalue weighted by atomic mass is 9.81. The van der Waals surface area contributed by atoms with E-state index in [0.29, 0.717) is 6.67 Å². The zero-order chi connectivity index (χ0) is 41.2. The highest BCUT2D eigenvalue weighted by molar-refractivity contribution is 6.11. The normalized spacial score (nSPS) is 14.1. The van der Waals surface area contributed by atoms with Crippen LogP contribution in [0.1, 0.15) is 98.4 Å². The number of allylic oxidation sites excluding steroid dienone is 1. The summed E-state index contributed by atoms with van der Waals surface area (Å²) in [5, 5.41) is 2.45. The summed E-state index contributed by atoms with van der Waals surface area (Å²) in [6.45, 7) is 25.8. The molecule has 0 unspecified atom stereocenters. The summed E-state index contributed by atoms with van der Waals surface area (Å²) >= 11 is 0. The Bertz CT molecular complexity index is 2660. The summed E-state index contributed by atoms with van der Waals surface area (Å²) in [6.07, 6.45) is 4.27.